The number of aliphatic hydroxyl groups is 2. The quantitative estimate of drug-likeness (QED) is 0.487. The Labute approximate surface area is 73.9 Å². The van der Waals surface area contributed by atoms with E-state index in [0.717, 1.165) is 12.8 Å². The van der Waals surface area contributed by atoms with Gasteiger partial charge in [-0.05, 0) is 25.0 Å². The second-order valence-corrected chi connectivity index (χ2v) is 2.48. The van der Waals surface area contributed by atoms with E-state index in [4.69, 9.17) is 10.2 Å². The third-order valence-corrected chi connectivity index (χ3v) is 1.38. The van der Waals surface area contributed by atoms with E-state index in [-0.39, 0.29) is 12.7 Å². The molecule has 0 aromatic carbocycles. The molecule has 0 amide bonds. The second-order valence-electron chi connectivity index (χ2n) is 2.48. The van der Waals surface area contributed by atoms with Gasteiger partial charge < -0.3 is 10.2 Å². The van der Waals surface area contributed by atoms with Crippen molar-refractivity contribution in [2.75, 3.05) is 6.61 Å². The van der Waals surface area contributed by atoms with Gasteiger partial charge in [0.2, 0.25) is 0 Å². The normalized spacial score (nSPS) is 12.6. The van der Waals surface area contributed by atoms with Crippen molar-refractivity contribution in [3.63, 3.8) is 0 Å². The van der Waals surface area contributed by atoms with E-state index >= 15 is 0 Å². The average molecular weight is 168 g/mol. The molecule has 0 heterocycles. The number of allylic oxidation sites excluding steroid dienone is 1. The van der Waals surface area contributed by atoms with Gasteiger partial charge in [-0.2, -0.15) is 0 Å². The minimum absolute atomic E-state index is 0.190. The van der Waals surface area contributed by atoms with Gasteiger partial charge in [0, 0.05) is 13.0 Å². The first-order chi connectivity index (χ1) is 5.81. The van der Waals surface area contributed by atoms with Crippen molar-refractivity contribution in [3.05, 3.63) is 12.2 Å². The van der Waals surface area contributed by atoms with Crippen LogP contribution in [0.5, 0.6) is 0 Å². The summed E-state index contributed by atoms with van der Waals surface area (Å²) in [5.74, 6) is 5.64. The van der Waals surface area contributed by atoms with E-state index in [1.807, 2.05) is 6.92 Å². The molecule has 1 atom stereocenters. The molecule has 0 aliphatic rings. The minimum Gasteiger partial charge on any atom is -0.396 e. The zero-order chi connectivity index (χ0) is 9.23. The van der Waals surface area contributed by atoms with Gasteiger partial charge in [-0.1, -0.05) is 18.8 Å². The Morgan fingerprint density at radius 3 is 2.83 bits per heavy atom. The number of hydrogen-bond acceptors (Lipinski definition) is 2. The Balaban J connectivity index is 3.48. The Kier molecular flexibility index (Phi) is 7.78. The minimum atomic E-state index is -0.378. The molecule has 68 valence electrons. The molecule has 2 nitrogen and oxygen atoms in total. The predicted octanol–water partition coefficient (Wildman–Crippen LogP) is 1.09. The van der Waals surface area contributed by atoms with Crippen molar-refractivity contribution in [1.29, 1.82) is 0 Å². The fourth-order valence-corrected chi connectivity index (χ4v) is 0.594. The summed E-state index contributed by atoms with van der Waals surface area (Å²) in [6.07, 6.45) is 5.10. The molecule has 12 heavy (non-hydrogen) atoms. The smallest absolute Gasteiger partial charge is 0.0727 e. The molecular formula is C10H16O2. The lowest BCUT2D eigenvalue weighted by Gasteiger charge is -1.95. The van der Waals surface area contributed by atoms with Gasteiger partial charge >= 0.3 is 0 Å². The van der Waals surface area contributed by atoms with Gasteiger partial charge in [-0.25, -0.2) is 0 Å². The number of hydrogen-bond donors (Lipinski definition) is 2. The zero-order valence-corrected chi connectivity index (χ0v) is 7.45. The van der Waals surface area contributed by atoms with Gasteiger partial charge in [0.25, 0.3) is 0 Å². The third-order valence-electron chi connectivity index (χ3n) is 1.38. The first-order valence-corrected chi connectivity index (χ1v) is 4.25. The Hall–Kier alpha value is -0.780. The predicted molar refractivity (Wildman–Crippen MR) is 49.5 cm³/mol. The maximum absolute atomic E-state index is 9.07. The van der Waals surface area contributed by atoms with Crippen molar-refractivity contribution in [2.24, 2.45) is 0 Å². The maximum Gasteiger partial charge on any atom is 0.0727 e. The lowest BCUT2D eigenvalue weighted by molar-refractivity contribution is 0.219. The van der Waals surface area contributed by atoms with Crippen LogP contribution in [0.15, 0.2) is 12.2 Å². The fourth-order valence-electron chi connectivity index (χ4n) is 0.594. The van der Waals surface area contributed by atoms with E-state index in [1.54, 1.807) is 12.2 Å². The molecule has 0 rings (SSSR count). The third kappa shape index (κ3) is 7.33. The van der Waals surface area contributed by atoms with Crippen LogP contribution in [0, 0.1) is 11.8 Å². The lowest BCUT2D eigenvalue weighted by Crippen LogP contribution is -1.97. The van der Waals surface area contributed by atoms with Gasteiger partial charge in [0.05, 0.1) is 6.10 Å². The molecule has 0 aromatic rings. The van der Waals surface area contributed by atoms with Crippen LogP contribution in [0.1, 0.15) is 26.2 Å². The average Bonchev–Trinajstić information content (AvgIpc) is 2.10. The van der Waals surface area contributed by atoms with E-state index in [9.17, 15) is 0 Å². The van der Waals surface area contributed by atoms with Crippen molar-refractivity contribution in [2.45, 2.75) is 32.3 Å². The van der Waals surface area contributed by atoms with Crippen molar-refractivity contribution in [3.8, 4) is 11.8 Å². The van der Waals surface area contributed by atoms with Crippen LogP contribution in [0.3, 0.4) is 0 Å². The van der Waals surface area contributed by atoms with Crippen LogP contribution < -0.4 is 0 Å². The summed E-state index contributed by atoms with van der Waals surface area (Å²) >= 11 is 0. The molecule has 0 saturated heterocycles. The van der Waals surface area contributed by atoms with Crippen LogP contribution in [-0.4, -0.2) is 22.9 Å². The Morgan fingerprint density at radius 1 is 1.50 bits per heavy atom. The molecule has 0 saturated carbocycles. The summed E-state index contributed by atoms with van der Waals surface area (Å²) in [5.41, 5.74) is 0. The number of rotatable bonds is 4. The summed E-state index contributed by atoms with van der Waals surface area (Å²) in [6.45, 7) is 2.10. The summed E-state index contributed by atoms with van der Waals surface area (Å²) in [7, 11) is 0. The molecular weight excluding hydrogens is 152 g/mol. The van der Waals surface area contributed by atoms with E-state index in [1.165, 1.54) is 0 Å². The monoisotopic (exact) mass is 168 g/mol. The summed E-state index contributed by atoms with van der Waals surface area (Å²) in [5, 5.41) is 17.5. The van der Waals surface area contributed by atoms with Crippen molar-refractivity contribution in [1.82, 2.24) is 0 Å². The topological polar surface area (TPSA) is 40.5 Å². The first kappa shape index (κ1) is 11.2. The summed E-state index contributed by atoms with van der Waals surface area (Å²) in [6, 6.07) is 0. The molecule has 0 radical (unpaired) electrons. The molecule has 0 aliphatic carbocycles. The standard InChI is InChI=1S/C10H16O2/c1-2-10(12)8-6-4-3-5-7-9-11/h6,8,10-12H,2,5,7,9H2,1H3. The van der Waals surface area contributed by atoms with Gasteiger partial charge in [-0.3, -0.25) is 0 Å². The second kappa shape index (κ2) is 8.32. The molecule has 0 aromatic heterocycles. The van der Waals surface area contributed by atoms with Crippen LogP contribution >= 0.6 is 0 Å². The highest BCUT2D eigenvalue weighted by Crippen LogP contribution is 1.90. The first-order valence-electron chi connectivity index (χ1n) is 4.25. The van der Waals surface area contributed by atoms with Gasteiger partial charge in [0.1, 0.15) is 0 Å². The van der Waals surface area contributed by atoms with Crippen LogP contribution in [0.25, 0.3) is 0 Å². The van der Waals surface area contributed by atoms with Crippen LogP contribution in [0.2, 0.25) is 0 Å². The molecule has 0 fully saturated rings. The highest BCUT2D eigenvalue weighted by molar-refractivity contribution is 5.16. The van der Waals surface area contributed by atoms with E-state index < -0.39 is 0 Å². The van der Waals surface area contributed by atoms with Crippen molar-refractivity contribution >= 4 is 0 Å². The summed E-state index contributed by atoms with van der Waals surface area (Å²) in [4.78, 5) is 0. The highest BCUT2D eigenvalue weighted by Gasteiger charge is 1.89. The molecule has 2 N–H and O–H groups in total. The molecule has 0 aliphatic heterocycles. The molecule has 0 spiro atoms. The maximum atomic E-state index is 9.07. The Morgan fingerprint density at radius 2 is 2.25 bits per heavy atom. The van der Waals surface area contributed by atoms with E-state index in [2.05, 4.69) is 11.8 Å². The van der Waals surface area contributed by atoms with Crippen molar-refractivity contribution < 1.29 is 10.2 Å². The molecule has 2 heteroatoms. The fraction of sp³-hybridized carbons (Fsp3) is 0.600. The van der Waals surface area contributed by atoms with Gasteiger partial charge in [0.15, 0.2) is 0 Å². The summed E-state index contributed by atoms with van der Waals surface area (Å²) < 4.78 is 0. The highest BCUT2D eigenvalue weighted by atomic mass is 16.3. The van der Waals surface area contributed by atoms with Gasteiger partial charge in [-0.15, -0.1) is 0 Å². The number of unbranched alkanes of at least 4 members (excludes halogenated alkanes) is 1. The van der Waals surface area contributed by atoms with Crippen LogP contribution in [-0.2, 0) is 0 Å². The molecule has 0 bridgehead atoms. The zero-order valence-electron chi connectivity index (χ0n) is 7.45. The largest absolute Gasteiger partial charge is 0.396 e. The molecule has 1 unspecified atom stereocenters. The van der Waals surface area contributed by atoms with Crippen LogP contribution in [0.4, 0.5) is 0 Å². The Bertz CT molecular complexity index is 174. The number of aliphatic hydroxyl groups excluding tert-OH is 2. The van der Waals surface area contributed by atoms with E-state index in [0.29, 0.717) is 6.42 Å². The SMILES string of the molecule is CCC(O)C=CC#CCCCO. The lowest BCUT2D eigenvalue weighted by atomic mass is 10.2.